The third-order valence-corrected chi connectivity index (χ3v) is 7.70. The molecule has 1 atom stereocenters. The maximum absolute atomic E-state index is 12.9. The van der Waals surface area contributed by atoms with Crippen molar-refractivity contribution in [2.45, 2.75) is 64.4 Å². The lowest BCUT2D eigenvalue weighted by atomic mass is 10.1. The highest BCUT2D eigenvalue weighted by Gasteiger charge is 2.30. The smallest absolute Gasteiger partial charge is 0.240 e. The van der Waals surface area contributed by atoms with Gasteiger partial charge in [0.1, 0.15) is 0 Å². The van der Waals surface area contributed by atoms with E-state index in [0.29, 0.717) is 25.3 Å². The van der Waals surface area contributed by atoms with Gasteiger partial charge in [-0.1, -0.05) is 26.0 Å². The number of fused-ring (bicyclic) bond motifs is 2. The largest absolute Gasteiger partial charge is 0.312 e. The second kappa shape index (κ2) is 8.91. The Kier molecular flexibility index (Phi) is 6.33. The number of rotatable bonds is 6. The summed E-state index contributed by atoms with van der Waals surface area (Å²) in [5, 5.41) is 0. The first-order valence-corrected chi connectivity index (χ1v) is 12.9. The summed E-state index contributed by atoms with van der Waals surface area (Å²) >= 11 is 0. The van der Waals surface area contributed by atoms with Crippen LogP contribution in [-0.2, 0) is 39.0 Å². The summed E-state index contributed by atoms with van der Waals surface area (Å²) in [5.41, 5.74) is 4.50. The normalized spacial score (nSPS) is 17.4. The fraction of sp³-hybridized carbons (Fsp3) is 0.440. The molecule has 1 unspecified atom stereocenters. The molecule has 0 aliphatic carbocycles. The third kappa shape index (κ3) is 4.68. The molecule has 4 rings (SSSR count). The van der Waals surface area contributed by atoms with Gasteiger partial charge in [-0.3, -0.25) is 9.59 Å². The number of nitrogens with zero attached hydrogens (tertiary/aromatic N) is 2. The zero-order valence-corrected chi connectivity index (χ0v) is 20.4. The second-order valence-electron chi connectivity index (χ2n) is 9.41. The zero-order chi connectivity index (χ0) is 23.9. The van der Waals surface area contributed by atoms with Gasteiger partial charge in [-0.05, 0) is 66.6 Å². The lowest BCUT2D eigenvalue weighted by Crippen LogP contribution is -2.33. The molecule has 0 saturated heterocycles. The van der Waals surface area contributed by atoms with E-state index in [4.69, 9.17) is 0 Å². The van der Waals surface area contributed by atoms with Gasteiger partial charge < -0.3 is 9.80 Å². The van der Waals surface area contributed by atoms with E-state index in [0.717, 1.165) is 34.5 Å². The predicted octanol–water partition coefficient (Wildman–Crippen LogP) is 3.40. The average Bonchev–Trinajstić information content (AvgIpc) is 3.30. The highest BCUT2D eigenvalue weighted by atomic mass is 32.2. The summed E-state index contributed by atoms with van der Waals surface area (Å²) in [6.07, 6.45) is 1.93. The molecule has 8 heteroatoms. The van der Waals surface area contributed by atoms with E-state index in [2.05, 4.69) is 4.72 Å². The molecule has 2 aliphatic heterocycles. The van der Waals surface area contributed by atoms with Crippen molar-refractivity contribution in [1.29, 1.82) is 0 Å². The lowest BCUT2D eigenvalue weighted by molar-refractivity contribution is -0.119. The monoisotopic (exact) mass is 469 g/mol. The number of carbonyl (C=O) groups is 2. The molecule has 0 fully saturated rings. The van der Waals surface area contributed by atoms with E-state index < -0.39 is 10.0 Å². The summed E-state index contributed by atoms with van der Waals surface area (Å²) in [6, 6.07) is 10.7. The summed E-state index contributed by atoms with van der Waals surface area (Å²) in [6.45, 7) is 8.38. The van der Waals surface area contributed by atoms with E-state index >= 15 is 0 Å². The molecular formula is C25H31N3O4S. The van der Waals surface area contributed by atoms with Crippen molar-refractivity contribution in [1.82, 2.24) is 4.72 Å². The first kappa shape index (κ1) is 23.4. The molecule has 0 saturated carbocycles. The number of anilines is 2. The van der Waals surface area contributed by atoms with E-state index in [1.54, 1.807) is 23.1 Å². The van der Waals surface area contributed by atoms with Crippen LogP contribution in [0.2, 0.25) is 0 Å². The van der Waals surface area contributed by atoms with Gasteiger partial charge in [-0.15, -0.1) is 0 Å². The summed E-state index contributed by atoms with van der Waals surface area (Å²) in [5.74, 6) is 0.394. The molecule has 2 aromatic rings. The maximum atomic E-state index is 12.9. The Bertz CT molecular complexity index is 1210. The van der Waals surface area contributed by atoms with Gasteiger partial charge in [0.2, 0.25) is 21.8 Å². The third-order valence-electron chi connectivity index (χ3n) is 6.31. The number of hydrogen-bond acceptors (Lipinski definition) is 4. The number of hydrogen-bond donors (Lipinski definition) is 1. The number of sulfonamides is 1. The van der Waals surface area contributed by atoms with Crippen LogP contribution in [0, 0.1) is 5.92 Å². The lowest BCUT2D eigenvalue weighted by Gasteiger charge is -2.20. The molecule has 0 spiro atoms. The Hall–Kier alpha value is -2.71. The van der Waals surface area contributed by atoms with Gasteiger partial charge >= 0.3 is 0 Å². The molecule has 7 nitrogen and oxygen atoms in total. The minimum Gasteiger partial charge on any atom is -0.312 e. The first-order chi connectivity index (χ1) is 15.6. The van der Waals surface area contributed by atoms with E-state index in [-0.39, 0.29) is 29.3 Å². The van der Waals surface area contributed by atoms with Crippen molar-refractivity contribution < 1.29 is 18.0 Å². The summed E-state index contributed by atoms with van der Waals surface area (Å²) < 4.78 is 28.6. The Labute approximate surface area is 195 Å². The molecule has 2 aromatic carbocycles. The maximum Gasteiger partial charge on any atom is 0.240 e. The topological polar surface area (TPSA) is 86.8 Å². The Balaban J connectivity index is 1.46. The second-order valence-corrected chi connectivity index (χ2v) is 11.2. The first-order valence-electron chi connectivity index (χ1n) is 11.4. The SMILES string of the molecule is CC(=O)N1c2ccc(S(=O)(=O)NCc3ccc4c(c3)CCN4C(=O)CC(C)C)cc2CC1C. The predicted molar refractivity (Wildman–Crippen MR) is 129 cm³/mol. The Morgan fingerprint density at radius 1 is 1.09 bits per heavy atom. The van der Waals surface area contributed by atoms with Crippen LogP contribution in [0.25, 0.3) is 0 Å². The molecule has 2 amide bonds. The van der Waals surface area contributed by atoms with Gasteiger partial charge in [0, 0.05) is 43.9 Å². The van der Waals surface area contributed by atoms with Crippen LogP contribution in [0.15, 0.2) is 41.3 Å². The molecule has 2 aliphatic rings. The minimum atomic E-state index is -3.71. The summed E-state index contributed by atoms with van der Waals surface area (Å²) in [4.78, 5) is 28.1. The van der Waals surface area contributed by atoms with E-state index in [9.17, 15) is 18.0 Å². The quantitative estimate of drug-likeness (QED) is 0.703. The molecule has 1 N–H and O–H groups in total. The number of amides is 2. The van der Waals surface area contributed by atoms with Crippen molar-refractivity contribution in [3.05, 3.63) is 53.1 Å². The molecule has 33 heavy (non-hydrogen) atoms. The van der Waals surface area contributed by atoms with E-state index in [1.165, 1.54) is 6.92 Å². The highest BCUT2D eigenvalue weighted by Crippen LogP contribution is 2.34. The number of benzene rings is 2. The minimum absolute atomic E-state index is 0.0156. The van der Waals surface area contributed by atoms with Crippen LogP contribution in [0.5, 0.6) is 0 Å². The molecule has 176 valence electrons. The van der Waals surface area contributed by atoms with Crippen molar-refractivity contribution in [3.8, 4) is 0 Å². The fourth-order valence-electron chi connectivity index (χ4n) is 4.80. The van der Waals surface area contributed by atoms with Crippen LogP contribution < -0.4 is 14.5 Å². The van der Waals surface area contributed by atoms with Gasteiger partial charge in [-0.2, -0.15) is 0 Å². The Morgan fingerprint density at radius 2 is 1.82 bits per heavy atom. The molecule has 0 bridgehead atoms. The zero-order valence-electron chi connectivity index (χ0n) is 19.6. The van der Waals surface area contributed by atoms with Crippen molar-refractivity contribution in [3.63, 3.8) is 0 Å². The molecule has 0 aromatic heterocycles. The molecule has 2 heterocycles. The number of carbonyl (C=O) groups excluding carboxylic acids is 2. The Morgan fingerprint density at radius 3 is 2.52 bits per heavy atom. The molecule has 0 radical (unpaired) electrons. The highest BCUT2D eigenvalue weighted by molar-refractivity contribution is 7.89. The van der Waals surface area contributed by atoms with Crippen LogP contribution in [0.1, 0.15) is 50.8 Å². The van der Waals surface area contributed by atoms with Gasteiger partial charge in [0.05, 0.1) is 4.90 Å². The fourth-order valence-corrected chi connectivity index (χ4v) is 5.87. The average molecular weight is 470 g/mol. The summed E-state index contributed by atoms with van der Waals surface area (Å²) in [7, 11) is -3.71. The van der Waals surface area contributed by atoms with Crippen LogP contribution >= 0.6 is 0 Å². The standard InChI is InChI=1S/C25H31N3O4S/c1-16(2)11-25(30)27-10-9-20-13-19(5-7-23(20)27)15-26-33(31,32)22-6-8-24-21(14-22)12-17(3)28(24)18(4)29/h5-8,13-14,16-17,26H,9-12,15H2,1-4H3. The van der Waals surface area contributed by atoms with Crippen molar-refractivity contribution in [2.24, 2.45) is 5.92 Å². The van der Waals surface area contributed by atoms with Crippen molar-refractivity contribution >= 4 is 33.2 Å². The van der Waals surface area contributed by atoms with Crippen LogP contribution in [0.3, 0.4) is 0 Å². The molecular weight excluding hydrogens is 438 g/mol. The van der Waals surface area contributed by atoms with Crippen LogP contribution in [-0.4, -0.2) is 32.8 Å². The number of nitrogens with one attached hydrogen (secondary N) is 1. The van der Waals surface area contributed by atoms with Gasteiger partial charge in [0.15, 0.2) is 0 Å². The van der Waals surface area contributed by atoms with Crippen LogP contribution in [0.4, 0.5) is 11.4 Å². The van der Waals surface area contributed by atoms with Gasteiger partial charge in [-0.25, -0.2) is 13.1 Å². The van der Waals surface area contributed by atoms with Crippen molar-refractivity contribution in [2.75, 3.05) is 16.3 Å². The van der Waals surface area contributed by atoms with Gasteiger partial charge in [0.25, 0.3) is 0 Å². The van der Waals surface area contributed by atoms with E-state index in [1.807, 2.05) is 43.9 Å².